The molecule has 0 aliphatic heterocycles. The standard InChI is InChI=1S/C22H22N2O3/c1-3-27-18-11-9-16(10-12-18)15(2)23-21(25)19-13-14-20(24-22(19)26)17-7-5-4-6-8-17/h4-15H,3H2,1-2H3,(H,23,25)(H,24,26)/t15-/m1/s1. The fourth-order valence-corrected chi connectivity index (χ4v) is 2.82. The van der Waals surface area contributed by atoms with Crippen molar-refractivity contribution in [3.05, 3.63) is 88.2 Å². The van der Waals surface area contributed by atoms with Gasteiger partial charge in [0, 0.05) is 5.69 Å². The topological polar surface area (TPSA) is 71.2 Å². The highest BCUT2D eigenvalue weighted by atomic mass is 16.5. The SMILES string of the molecule is CCOc1ccc([C@@H](C)NC(=O)c2ccc(-c3ccccc3)[nH]c2=O)cc1. The van der Waals surface area contributed by atoms with E-state index in [1.807, 2.05) is 68.4 Å². The fourth-order valence-electron chi connectivity index (χ4n) is 2.82. The van der Waals surface area contributed by atoms with Gasteiger partial charge in [-0.05, 0) is 49.2 Å². The third-order valence-corrected chi connectivity index (χ3v) is 4.28. The average Bonchev–Trinajstić information content (AvgIpc) is 2.69. The Morgan fingerprint density at radius 3 is 2.37 bits per heavy atom. The molecule has 3 rings (SSSR count). The van der Waals surface area contributed by atoms with Gasteiger partial charge in [-0.25, -0.2) is 0 Å². The van der Waals surface area contributed by atoms with E-state index in [2.05, 4.69) is 10.3 Å². The van der Waals surface area contributed by atoms with Crippen LogP contribution in [0.4, 0.5) is 0 Å². The molecule has 138 valence electrons. The summed E-state index contributed by atoms with van der Waals surface area (Å²) >= 11 is 0. The second kappa shape index (κ2) is 8.36. The van der Waals surface area contributed by atoms with Crippen LogP contribution in [0.15, 0.2) is 71.5 Å². The molecule has 0 bridgehead atoms. The first-order valence-corrected chi connectivity index (χ1v) is 8.91. The average molecular weight is 362 g/mol. The summed E-state index contributed by atoms with van der Waals surface area (Å²) in [6, 6.07) is 20.1. The van der Waals surface area contributed by atoms with Crippen LogP contribution in [0.5, 0.6) is 5.75 Å². The first-order chi connectivity index (χ1) is 13.1. The van der Waals surface area contributed by atoms with Crippen LogP contribution in [-0.2, 0) is 0 Å². The Morgan fingerprint density at radius 1 is 1.04 bits per heavy atom. The number of benzene rings is 2. The molecule has 5 nitrogen and oxygen atoms in total. The number of pyridine rings is 1. The van der Waals surface area contributed by atoms with E-state index in [1.54, 1.807) is 12.1 Å². The van der Waals surface area contributed by atoms with Crippen molar-refractivity contribution >= 4 is 5.91 Å². The van der Waals surface area contributed by atoms with E-state index >= 15 is 0 Å². The maximum absolute atomic E-state index is 12.5. The molecule has 0 unspecified atom stereocenters. The van der Waals surface area contributed by atoms with Crippen LogP contribution in [0.25, 0.3) is 11.3 Å². The van der Waals surface area contributed by atoms with Gasteiger partial charge in [0.1, 0.15) is 11.3 Å². The largest absolute Gasteiger partial charge is 0.494 e. The molecular formula is C22H22N2O3. The minimum absolute atomic E-state index is 0.0902. The zero-order valence-corrected chi connectivity index (χ0v) is 15.4. The summed E-state index contributed by atoms with van der Waals surface area (Å²) in [7, 11) is 0. The summed E-state index contributed by atoms with van der Waals surface area (Å²) in [5.74, 6) is 0.380. The second-order valence-corrected chi connectivity index (χ2v) is 6.18. The molecular weight excluding hydrogens is 340 g/mol. The fraction of sp³-hybridized carbons (Fsp3) is 0.182. The monoisotopic (exact) mass is 362 g/mol. The van der Waals surface area contributed by atoms with Crippen LogP contribution < -0.4 is 15.6 Å². The number of carbonyl (C=O) groups is 1. The van der Waals surface area contributed by atoms with Gasteiger partial charge in [-0.1, -0.05) is 42.5 Å². The molecule has 0 aliphatic rings. The van der Waals surface area contributed by atoms with E-state index < -0.39 is 11.5 Å². The Kier molecular flexibility index (Phi) is 5.71. The maximum atomic E-state index is 12.5. The van der Waals surface area contributed by atoms with Crippen LogP contribution in [-0.4, -0.2) is 17.5 Å². The van der Waals surface area contributed by atoms with Crippen LogP contribution in [0.2, 0.25) is 0 Å². The van der Waals surface area contributed by atoms with E-state index in [-0.39, 0.29) is 11.6 Å². The molecule has 2 N–H and O–H groups in total. The number of H-pyrrole nitrogens is 1. The quantitative estimate of drug-likeness (QED) is 0.698. The van der Waals surface area contributed by atoms with Crippen molar-refractivity contribution in [1.82, 2.24) is 10.3 Å². The number of rotatable bonds is 6. The molecule has 0 saturated heterocycles. The molecule has 1 heterocycles. The third kappa shape index (κ3) is 4.44. The zero-order valence-electron chi connectivity index (χ0n) is 15.4. The number of ether oxygens (including phenoxy) is 1. The molecule has 0 spiro atoms. The number of aromatic nitrogens is 1. The smallest absolute Gasteiger partial charge is 0.261 e. The first kappa shape index (κ1) is 18.5. The Labute approximate surface area is 158 Å². The molecule has 1 amide bonds. The summed E-state index contributed by atoms with van der Waals surface area (Å²) in [6.07, 6.45) is 0. The van der Waals surface area contributed by atoms with Crippen molar-refractivity contribution in [3.8, 4) is 17.0 Å². The number of aromatic amines is 1. The van der Waals surface area contributed by atoms with E-state index in [4.69, 9.17) is 4.74 Å². The third-order valence-electron chi connectivity index (χ3n) is 4.28. The first-order valence-electron chi connectivity index (χ1n) is 8.91. The van der Waals surface area contributed by atoms with Gasteiger partial charge in [0.15, 0.2) is 0 Å². The summed E-state index contributed by atoms with van der Waals surface area (Å²) in [5, 5.41) is 2.86. The Hall–Kier alpha value is -3.34. The molecule has 1 atom stereocenters. The van der Waals surface area contributed by atoms with Crippen molar-refractivity contribution in [1.29, 1.82) is 0 Å². The van der Waals surface area contributed by atoms with Crippen LogP contribution in [0.3, 0.4) is 0 Å². The number of amides is 1. The molecule has 1 aromatic heterocycles. The maximum Gasteiger partial charge on any atom is 0.261 e. The minimum Gasteiger partial charge on any atom is -0.494 e. The Morgan fingerprint density at radius 2 is 1.74 bits per heavy atom. The molecule has 27 heavy (non-hydrogen) atoms. The van der Waals surface area contributed by atoms with Crippen molar-refractivity contribution in [2.75, 3.05) is 6.61 Å². The van der Waals surface area contributed by atoms with Gasteiger partial charge in [-0.3, -0.25) is 9.59 Å². The van der Waals surface area contributed by atoms with Crippen molar-refractivity contribution < 1.29 is 9.53 Å². The van der Waals surface area contributed by atoms with Gasteiger partial charge in [0.05, 0.1) is 12.6 Å². The highest BCUT2D eigenvalue weighted by Gasteiger charge is 2.15. The lowest BCUT2D eigenvalue weighted by atomic mass is 10.1. The number of nitrogens with one attached hydrogen (secondary N) is 2. The molecule has 2 aromatic carbocycles. The van der Waals surface area contributed by atoms with Crippen molar-refractivity contribution in [2.45, 2.75) is 19.9 Å². The summed E-state index contributed by atoms with van der Waals surface area (Å²) < 4.78 is 5.42. The van der Waals surface area contributed by atoms with Crippen LogP contribution in [0.1, 0.15) is 35.8 Å². The predicted molar refractivity (Wildman–Crippen MR) is 106 cm³/mol. The zero-order chi connectivity index (χ0) is 19.2. The van der Waals surface area contributed by atoms with Gasteiger partial charge in [0.2, 0.25) is 0 Å². The lowest BCUT2D eigenvalue weighted by molar-refractivity contribution is 0.0938. The van der Waals surface area contributed by atoms with Crippen LogP contribution in [0, 0.1) is 0 Å². The second-order valence-electron chi connectivity index (χ2n) is 6.18. The summed E-state index contributed by atoms with van der Waals surface area (Å²) in [6.45, 7) is 4.41. The van der Waals surface area contributed by atoms with E-state index in [1.165, 1.54) is 0 Å². The summed E-state index contributed by atoms with van der Waals surface area (Å²) in [4.78, 5) is 27.6. The summed E-state index contributed by atoms with van der Waals surface area (Å²) in [5.41, 5.74) is 2.19. The highest BCUT2D eigenvalue weighted by Crippen LogP contribution is 2.18. The number of carbonyl (C=O) groups excluding carboxylic acids is 1. The van der Waals surface area contributed by atoms with E-state index in [9.17, 15) is 9.59 Å². The molecule has 5 heteroatoms. The molecule has 3 aromatic rings. The normalized spacial score (nSPS) is 11.6. The molecule has 0 aliphatic carbocycles. The Bertz CT molecular complexity index is 963. The number of hydrogen-bond acceptors (Lipinski definition) is 3. The van der Waals surface area contributed by atoms with Crippen LogP contribution >= 0.6 is 0 Å². The molecule has 0 radical (unpaired) electrons. The van der Waals surface area contributed by atoms with Gasteiger partial charge in [0.25, 0.3) is 11.5 Å². The highest BCUT2D eigenvalue weighted by molar-refractivity contribution is 5.94. The minimum atomic E-state index is -0.409. The number of hydrogen-bond donors (Lipinski definition) is 2. The van der Waals surface area contributed by atoms with E-state index in [0.717, 1.165) is 16.9 Å². The lowest BCUT2D eigenvalue weighted by Gasteiger charge is -2.15. The lowest BCUT2D eigenvalue weighted by Crippen LogP contribution is -2.31. The van der Waals surface area contributed by atoms with E-state index in [0.29, 0.717) is 12.3 Å². The van der Waals surface area contributed by atoms with Crippen molar-refractivity contribution in [3.63, 3.8) is 0 Å². The molecule has 0 fully saturated rings. The van der Waals surface area contributed by atoms with Gasteiger partial charge < -0.3 is 15.0 Å². The van der Waals surface area contributed by atoms with Crippen molar-refractivity contribution in [2.24, 2.45) is 0 Å². The van der Waals surface area contributed by atoms with Gasteiger partial charge in [-0.15, -0.1) is 0 Å². The van der Waals surface area contributed by atoms with Gasteiger partial charge >= 0.3 is 0 Å². The predicted octanol–water partition coefficient (Wildman–Crippen LogP) is 3.93. The molecule has 0 saturated carbocycles. The van der Waals surface area contributed by atoms with Gasteiger partial charge in [-0.2, -0.15) is 0 Å². The Balaban J connectivity index is 1.73.